The number of aromatic nitrogens is 3. The topological polar surface area (TPSA) is 60.2 Å². The number of aryl methyl sites for hydroxylation is 1. The smallest absolute Gasteiger partial charge is 0.153 e. The van der Waals surface area contributed by atoms with E-state index in [1.54, 1.807) is 7.11 Å². The first kappa shape index (κ1) is 19.7. The SMILES string of the molecule is CC[C@@]12CC[C@](O)(COC)C[C@@H]1CCCc1cc3c(cnn3-c3ccccn3)cc12. The number of benzene rings is 1. The predicted octanol–water partition coefficient (Wildman–Crippen LogP) is 4.58. The van der Waals surface area contributed by atoms with E-state index >= 15 is 0 Å². The molecule has 0 unspecified atom stereocenters. The number of ether oxygens (including phenoxy) is 1. The van der Waals surface area contributed by atoms with Crippen LogP contribution < -0.4 is 0 Å². The minimum Gasteiger partial charge on any atom is -0.387 e. The van der Waals surface area contributed by atoms with Crippen molar-refractivity contribution in [1.29, 1.82) is 0 Å². The van der Waals surface area contributed by atoms with Crippen LogP contribution in [0.4, 0.5) is 0 Å². The lowest BCUT2D eigenvalue weighted by molar-refractivity contribution is -0.0903. The van der Waals surface area contributed by atoms with E-state index in [1.807, 2.05) is 35.3 Å². The number of aliphatic hydroxyl groups is 1. The Morgan fingerprint density at radius 2 is 2.17 bits per heavy atom. The molecule has 1 N–H and O–H groups in total. The normalized spacial score (nSPS) is 28.7. The molecule has 5 heteroatoms. The van der Waals surface area contributed by atoms with E-state index in [-0.39, 0.29) is 5.41 Å². The van der Waals surface area contributed by atoms with Gasteiger partial charge in [0.25, 0.3) is 0 Å². The number of nitrogens with zero attached hydrogens (tertiary/aromatic N) is 3. The highest BCUT2D eigenvalue weighted by Crippen LogP contribution is 2.54. The molecule has 3 atom stereocenters. The third kappa shape index (κ3) is 3.07. The summed E-state index contributed by atoms with van der Waals surface area (Å²) in [6, 6.07) is 10.7. The van der Waals surface area contributed by atoms with E-state index in [9.17, 15) is 5.11 Å². The van der Waals surface area contributed by atoms with Gasteiger partial charge in [-0.3, -0.25) is 0 Å². The molecule has 3 aromatic rings. The highest BCUT2D eigenvalue weighted by molar-refractivity contribution is 5.82. The summed E-state index contributed by atoms with van der Waals surface area (Å²) in [5.41, 5.74) is 3.51. The summed E-state index contributed by atoms with van der Waals surface area (Å²) in [7, 11) is 1.69. The van der Waals surface area contributed by atoms with Crippen molar-refractivity contribution in [3.05, 3.63) is 53.9 Å². The predicted molar refractivity (Wildman–Crippen MR) is 118 cm³/mol. The van der Waals surface area contributed by atoms with Gasteiger partial charge in [0.1, 0.15) is 0 Å². The molecule has 5 nitrogen and oxygen atoms in total. The summed E-state index contributed by atoms with van der Waals surface area (Å²) in [6.07, 6.45) is 10.9. The van der Waals surface area contributed by atoms with Crippen LogP contribution in [0.2, 0.25) is 0 Å². The van der Waals surface area contributed by atoms with E-state index in [0.717, 1.165) is 56.3 Å². The van der Waals surface area contributed by atoms with Crippen molar-refractivity contribution in [3.8, 4) is 5.82 Å². The molecule has 2 aliphatic carbocycles. The molecule has 30 heavy (non-hydrogen) atoms. The van der Waals surface area contributed by atoms with Gasteiger partial charge in [-0.25, -0.2) is 9.67 Å². The second-order valence-corrected chi connectivity index (χ2v) is 9.27. The Morgan fingerprint density at radius 1 is 1.27 bits per heavy atom. The zero-order valence-electron chi connectivity index (χ0n) is 18.0. The van der Waals surface area contributed by atoms with Crippen molar-refractivity contribution in [1.82, 2.24) is 14.8 Å². The van der Waals surface area contributed by atoms with Gasteiger partial charge in [-0.2, -0.15) is 5.10 Å². The number of hydrogen-bond acceptors (Lipinski definition) is 4. The third-order valence-corrected chi connectivity index (χ3v) is 7.68. The molecule has 1 fully saturated rings. The first-order valence-electron chi connectivity index (χ1n) is 11.2. The van der Waals surface area contributed by atoms with Gasteiger partial charge in [-0.1, -0.05) is 13.0 Å². The summed E-state index contributed by atoms with van der Waals surface area (Å²) in [6.45, 7) is 2.76. The Morgan fingerprint density at radius 3 is 2.93 bits per heavy atom. The molecule has 0 aliphatic heterocycles. The summed E-state index contributed by atoms with van der Waals surface area (Å²) in [5, 5.41) is 16.9. The van der Waals surface area contributed by atoms with Crippen LogP contribution in [-0.4, -0.2) is 39.2 Å². The molecular weight excluding hydrogens is 374 g/mol. The fraction of sp³-hybridized carbons (Fsp3) is 0.520. The lowest BCUT2D eigenvalue weighted by Crippen LogP contribution is -2.49. The highest BCUT2D eigenvalue weighted by Gasteiger charge is 2.49. The van der Waals surface area contributed by atoms with Gasteiger partial charge in [0.05, 0.1) is 23.9 Å². The van der Waals surface area contributed by atoms with Crippen LogP contribution in [0.3, 0.4) is 0 Å². The summed E-state index contributed by atoms with van der Waals surface area (Å²) < 4.78 is 7.32. The average molecular weight is 406 g/mol. The number of methoxy groups -OCH3 is 1. The van der Waals surface area contributed by atoms with Crippen LogP contribution in [0.25, 0.3) is 16.7 Å². The van der Waals surface area contributed by atoms with Crippen molar-refractivity contribution in [3.63, 3.8) is 0 Å². The van der Waals surface area contributed by atoms with Crippen molar-refractivity contribution >= 4 is 10.9 Å². The molecular formula is C25H31N3O2. The van der Waals surface area contributed by atoms with Gasteiger partial charge >= 0.3 is 0 Å². The first-order valence-corrected chi connectivity index (χ1v) is 11.2. The van der Waals surface area contributed by atoms with Gasteiger partial charge in [-0.05, 0) is 91.7 Å². The minimum absolute atomic E-state index is 0.132. The Balaban J connectivity index is 1.61. The lowest BCUT2D eigenvalue weighted by Gasteiger charge is -2.50. The van der Waals surface area contributed by atoms with E-state index in [0.29, 0.717) is 12.5 Å². The maximum atomic E-state index is 11.1. The number of hydrogen-bond donors (Lipinski definition) is 1. The molecule has 1 aromatic carbocycles. The fourth-order valence-corrected chi connectivity index (χ4v) is 6.19. The van der Waals surface area contributed by atoms with Crippen LogP contribution in [0, 0.1) is 5.92 Å². The molecule has 158 valence electrons. The van der Waals surface area contributed by atoms with Crippen molar-refractivity contribution in [2.75, 3.05) is 13.7 Å². The monoisotopic (exact) mass is 405 g/mol. The average Bonchev–Trinajstić information content (AvgIpc) is 3.10. The second kappa shape index (κ2) is 7.47. The minimum atomic E-state index is -0.684. The van der Waals surface area contributed by atoms with Crippen LogP contribution in [0.5, 0.6) is 0 Å². The quantitative estimate of drug-likeness (QED) is 0.690. The van der Waals surface area contributed by atoms with Gasteiger partial charge in [0.2, 0.25) is 0 Å². The number of fused-ring (bicyclic) bond motifs is 4. The highest BCUT2D eigenvalue weighted by atomic mass is 16.5. The molecule has 0 radical (unpaired) electrons. The van der Waals surface area contributed by atoms with Gasteiger partial charge in [-0.15, -0.1) is 0 Å². The molecule has 5 rings (SSSR count). The summed E-state index contributed by atoms with van der Waals surface area (Å²) in [4.78, 5) is 4.49. The summed E-state index contributed by atoms with van der Waals surface area (Å²) >= 11 is 0. The Kier molecular flexibility index (Phi) is 4.91. The Labute approximate surface area is 178 Å². The second-order valence-electron chi connectivity index (χ2n) is 9.27. The first-order chi connectivity index (χ1) is 14.6. The molecule has 0 amide bonds. The maximum absolute atomic E-state index is 11.1. The van der Waals surface area contributed by atoms with Crippen LogP contribution in [0.15, 0.2) is 42.7 Å². The van der Waals surface area contributed by atoms with E-state index < -0.39 is 5.60 Å². The van der Waals surface area contributed by atoms with E-state index in [1.165, 1.54) is 16.5 Å². The Hall–Kier alpha value is -2.24. The molecule has 2 aliphatic rings. The molecule has 0 saturated heterocycles. The summed E-state index contributed by atoms with van der Waals surface area (Å²) in [5.74, 6) is 1.34. The number of pyridine rings is 1. The van der Waals surface area contributed by atoms with Gasteiger partial charge in [0.15, 0.2) is 5.82 Å². The maximum Gasteiger partial charge on any atom is 0.153 e. The van der Waals surface area contributed by atoms with Crippen LogP contribution in [0.1, 0.15) is 56.6 Å². The zero-order chi connectivity index (χ0) is 20.8. The fourth-order valence-electron chi connectivity index (χ4n) is 6.19. The van der Waals surface area contributed by atoms with Gasteiger partial charge in [0, 0.05) is 18.7 Å². The molecule has 2 aromatic heterocycles. The number of rotatable bonds is 4. The molecule has 1 saturated carbocycles. The van der Waals surface area contributed by atoms with Crippen molar-refractivity contribution in [2.45, 2.75) is 62.9 Å². The third-order valence-electron chi connectivity index (χ3n) is 7.68. The van der Waals surface area contributed by atoms with Crippen LogP contribution in [-0.2, 0) is 16.6 Å². The zero-order valence-corrected chi connectivity index (χ0v) is 18.0. The van der Waals surface area contributed by atoms with Gasteiger partial charge < -0.3 is 9.84 Å². The standard InChI is InChI=1S/C25H31N3O2/c1-3-25-11-10-24(29,17-30-2)15-20(25)8-6-7-18-14-22-19(13-21(18)25)16-27-28(22)23-9-4-5-12-26-23/h4-5,9,12-14,16,20,29H,3,6-8,10-11,15,17H2,1-2H3/t20-,24+,25+/m0/s1. The van der Waals surface area contributed by atoms with Crippen molar-refractivity contribution in [2.24, 2.45) is 5.92 Å². The molecule has 0 bridgehead atoms. The van der Waals surface area contributed by atoms with E-state index in [2.05, 4.69) is 29.1 Å². The molecule has 2 heterocycles. The Bertz CT molecular complexity index is 1050. The lowest BCUT2D eigenvalue weighted by atomic mass is 9.57. The van der Waals surface area contributed by atoms with E-state index in [4.69, 9.17) is 4.74 Å². The van der Waals surface area contributed by atoms with Crippen LogP contribution >= 0.6 is 0 Å². The largest absolute Gasteiger partial charge is 0.387 e. The van der Waals surface area contributed by atoms with Crippen molar-refractivity contribution < 1.29 is 9.84 Å². The molecule has 0 spiro atoms.